The Kier molecular flexibility index (Phi) is 2.64. The van der Waals surface area contributed by atoms with Crippen LogP contribution in [0.25, 0.3) is 11.2 Å². The van der Waals surface area contributed by atoms with Crippen molar-refractivity contribution in [1.29, 1.82) is 0 Å². The molecule has 0 saturated heterocycles. The second-order valence-corrected chi connectivity index (χ2v) is 3.82. The summed E-state index contributed by atoms with van der Waals surface area (Å²) in [5.41, 5.74) is 1.19. The Balaban J connectivity index is 1.97. The first kappa shape index (κ1) is 11.3. The highest BCUT2D eigenvalue weighted by Crippen LogP contribution is 2.15. The number of anilines is 1. The molecule has 94 valence electrons. The molecule has 0 bridgehead atoms. The lowest BCUT2D eigenvalue weighted by Crippen LogP contribution is -2.14. The van der Waals surface area contributed by atoms with Crippen LogP contribution in [0.3, 0.4) is 0 Å². The summed E-state index contributed by atoms with van der Waals surface area (Å²) in [5, 5.41) is 2.55. The highest BCUT2D eigenvalue weighted by atomic mass is 19.1. The van der Waals surface area contributed by atoms with Crippen LogP contribution in [0.5, 0.6) is 0 Å². The van der Waals surface area contributed by atoms with E-state index < -0.39 is 6.08 Å². The van der Waals surface area contributed by atoms with Crippen molar-refractivity contribution in [2.45, 2.75) is 0 Å². The van der Waals surface area contributed by atoms with Crippen LogP contribution in [-0.2, 0) is 0 Å². The molecule has 0 aliphatic rings. The minimum Gasteiger partial charge on any atom is -0.303 e. The minimum atomic E-state index is -0.910. The van der Waals surface area contributed by atoms with E-state index in [0.717, 1.165) is 0 Å². The van der Waals surface area contributed by atoms with Gasteiger partial charge in [0.1, 0.15) is 0 Å². The van der Waals surface area contributed by atoms with E-state index in [-0.39, 0.29) is 17.4 Å². The first-order chi connectivity index (χ1) is 9.24. The monoisotopic (exact) mass is 258 g/mol. The Morgan fingerprint density at radius 1 is 1.26 bits per heavy atom. The highest BCUT2D eigenvalue weighted by Gasteiger charge is 2.17. The Morgan fingerprint density at radius 3 is 2.84 bits per heavy atom. The van der Waals surface area contributed by atoms with E-state index in [9.17, 15) is 9.18 Å². The molecular weight excluding hydrogens is 249 g/mol. The number of rotatable bonds is 2. The van der Waals surface area contributed by atoms with E-state index in [1.54, 1.807) is 30.3 Å². The predicted octanol–water partition coefficient (Wildman–Crippen LogP) is 1.16. The molecule has 0 unspecified atom stereocenters. The zero-order chi connectivity index (χ0) is 13.2. The van der Waals surface area contributed by atoms with Crippen molar-refractivity contribution in [3.63, 3.8) is 0 Å². The summed E-state index contributed by atoms with van der Waals surface area (Å²) in [5.74, 6) is -0.271. The first-order valence-electron chi connectivity index (χ1n) is 5.53. The van der Waals surface area contributed by atoms with Gasteiger partial charge < -0.3 is 5.32 Å². The smallest absolute Gasteiger partial charge is 0.303 e. The zero-order valence-electron chi connectivity index (χ0n) is 9.64. The number of benzene rings is 1. The number of carbonyl (C=O) groups excluding carboxylic acids is 1. The van der Waals surface area contributed by atoms with E-state index in [2.05, 4.69) is 25.3 Å². The lowest BCUT2D eigenvalue weighted by molar-refractivity contribution is -0.347. The molecule has 3 rings (SSSR count). The van der Waals surface area contributed by atoms with E-state index in [0.29, 0.717) is 11.1 Å². The summed E-state index contributed by atoms with van der Waals surface area (Å²) in [4.78, 5) is 24.6. The third-order valence-corrected chi connectivity index (χ3v) is 2.58. The molecule has 19 heavy (non-hydrogen) atoms. The summed E-state index contributed by atoms with van der Waals surface area (Å²) >= 11 is 0. The van der Waals surface area contributed by atoms with Gasteiger partial charge in [0, 0.05) is 5.56 Å². The number of nitrogens with one attached hydrogen (secondary N) is 3. The number of hydrogen-bond donors (Lipinski definition) is 2. The maximum Gasteiger partial charge on any atom is 0.386 e. The Morgan fingerprint density at radius 2 is 2.05 bits per heavy atom. The lowest BCUT2D eigenvalue weighted by Gasteiger charge is -2.02. The molecule has 7 heteroatoms. The average molecular weight is 258 g/mol. The minimum absolute atomic E-state index is 0.0950. The number of aromatic nitrogens is 4. The quantitative estimate of drug-likeness (QED) is 0.676. The van der Waals surface area contributed by atoms with Crippen LogP contribution in [0, 0.1) is 6.08 Å². The Bertz CT molecular complexity index is 740. The van der Waals surface area contributed by atoms with Gasteiger partial charge in [-0.2, -0.15) is 4.98 Å². The SMILES string of the molecule is O=C(Nc1nc(F)nc2[nH+]c[nH]c12)c1ccccc1. The molecule has 0 aliphatic heterocycles. The second-order valence-electron chi connectivity index (χ2n) is 3.82. The molecule has 0 fully saturated rings. The number of carbonyl (C=O) groups is 1. The Hall–Kier alpha value is -2.83. The van der Waals surface area contributed by atoms with Crippen molar-refractivity contribution in [2.75, 3.05) is 5.32 Å². The van der Waals surface area contributed by atoms with Gasteiger partial charge in [-0.25, -0.2) is 4.98 Å². The van der Waals surface area contributed by atoms with Crippen LogP contribution < -0.4 is 10.3 Å². The van der Waals surface area contributed by atoms with Crippen molar-refractivity contribution in [3.05, 3.63) is 48.3 Å². The molecule has 0 atom stereocenters. The molecule has 3 N–H and O–H groups in total. The van der Waals surface area contributed by atoms with E-state index >= 15 is 0 Å². The Labute approximate surface area is 106 Å². The molecule has 3 aromatic rings. The van der Waals surface area contributed by atoms with Crippen molar-refractivity contribution in [1.82, 2.24) is 15.0 Å². The van der Waals surface area contributed by atoms with Gasteiger partial charge in [0.05, 0.1) is 0 Å². The summed E-state index contributed by atoms with van der Waals surface area (Å²) in [6, 6.07) is 8.61. The summed E-state index contributed by atoms with van der Waals surface area (Å²) in [7, 11) is 0. The first-order valence-corrected chi connectivity index (χ1v) is 5.53. The van der Waals surface area contributed by atoms with E-state index in [4.69, 9.17) is 0 Å². The second kappa shape index (κ2) is 4.45. The largest absolute Gasteiger partial charge is 0.386 e. The molecule has 0 spiro atoms. The number of nitrogens with zero attached hydrogens (tertiary/aromatic N) is 2. The number of fused-ring (bicyclic) bond motifs is 1. The maximum absolute atomic E-state index is 13.2. The summed E-state index contributed by atoms with van der Waals surface area (Å²) < 4.78 is 13.2. The topological polar surface area (TPSA) is 84.8 Å². The molecule has 0 saturated carbocycles. The van der Waals surface area contributed by atoms with Gasteiger partial charge in [0.25, 0.3) is 5.91 Å². The van der Waals surface area contributed by atoms with Gasteiger partial charge in [-0.1, -0.05) is 18.2 Å². The number of hydrogen-bond acceptors (Lipinski definition) is 3. The molecule has 6 nitrogen and oxygen atoms in total. The number of halogens is 1. The lowest BCUT2D eigenvalue weighted by atomic mass is 10.2. The van der Waals surface area contributed by atoms with Gasteiger partial charge in [0.15, 0.2) is 12.1 Å². The fourth-order valence-electron chi connectivity index (χ4n) is 1.71. The molecule has 1 aromatic carbocycles. The van der Waals surface area contributed by atoms with Crippen LogP contribution in [0.4, 0.5) is 10.2 Å². The summed E-state index contributed by atoms with van der Waals surface area (Å²) in [6.45, 7) is 0. The van der Waals surface area contributed by atoms with Crippen molar-refractivity contribution >= 4 is 22.9 Å². The van der Waals surface area contributed by atoms with Crippen molar-refractivity contribution < 1.29 is 14.2 Å². The standard InChI is InChI=1S/C12H8FN5O/c13-12-17-9-8(14-6-15-9)10(18-12)16-11(19)7-4-2-1-3-5-7/h1-6H,(H2,14,15,16,17,18,19)/p+1. The number of imidazole rings is 1. The van der Waals surface area contributed by atoms with Crippen LogP contribution in [-0.4, -0.2) is 20.9 Å². The zero-order valence-corrected chi connectivity index (χ0v) is 9.64. The van der Waals surface area contributed by atoms with Crippen LogP contribution in [0.1, 0.15) is 10.4 Å². The van der Waals surface area contributed by atoms with Gasteiger partial charge in [-0.05, 0) is 17.1 Å². The molecule has 0 aliphatic carbocycles. The number of amides is 1. The van der Waals surface area contributed by atoms with Gasteiger partial charge in [-0.15, -0.1) is 4.39 Å². The molecule has 2 aromatic heterocycles. The van der Waals surface area contributed by atoms with Crippen LogP contribution in [0.15, 0.2) is 36.7 Å². The fourth-order valence-corrected chi connectivity index (χ4v) is 1.71. The third kappa shape index (κ3) is 2.13. The molecule has 2 heterocycles. The average Bonchev–Trinajstić information content (AvgIpc) is 2.88. The van der Waals surface area contributed by atoms with Gasteiger partial charge in [-0.3, -0.25) is 9.78 Å². The predicted molar refractivity (Wildman–Crippen MR) is 64.8 cm³/mol. The normalized spacial score (nSPS) is 10.6. The highest BCUT2D eigenvalue weighted by molar-refractivity contribution is 6.06. The van der Waals surface area contributed by atoms with Crippen LogP contribution >= 0.6 is 0 Å². The van der Waals surface area contributed by atoms with E-state index in [1.807, 2.05) is 0 Å². The van der Waals surface area contributed by atoms with E-state index in [1.165, 1.54) is 6.33 Å². The molecular formula is C12H9FN5O+. The van der Waals surface area contributed by atoms with Crippen molar-refractivity contribution in [2.24, 2.45) is 0 Å². The molecule has 1 amide bonds. The third-order valence-electron chi connectivity index (χ3n) is 2.58. The molecule has 0 radical (unpaired) electrons. The fraction of sp³-hybridized carbons (Fsp3) is 0. The number of H-pyrrole nitrogens is 2. The number of aromatic amines is 2. The van der Waals surface area contributed by atoms with Crippen molar-refractivity contribution in [3.8, 4) is 0 Å². The summed E-state index contributed by atoms with van der Waals surface area (Å²) in [6.07, 6.45) is 0.573. The van der Waals surface area contributed by atoms with Crippen LogP contribution in [0.2, 0.25) is 0 Å². The van der Waals surface area contributed by atoms with Gasteiger partial charge >= 0.3 is 11.7 Å². The van der Waals surface area contributed by atoms with Gasteiger partial charge in [0.2, 0.25) is 5.52 Å². The maximum atomic E-state index is 13.2.